The van der Waals surface area contributed by atoms with Crippen LogP contribution in [-0.4, -0.2) is 19.7 Å². The van der Waals surface area contributed by atoms with Gasteiger partial charge in [0.05, 0.1) is 19.3 Å². The molecule has 0 bridgehead atoms. The highest BCUT2D eigenvalue weighted by Crippen LogP contribution is 2.28. The maximum Gasteiger partial charge on any atom is 0.337 e. The van der Waals surface area contributed by atoms with Crippen LogP contribution in [0.2, 0.25) is 0 Å². The fraction of sp³-hybridized carbons (Fsp3) is 0.278. The summed E-state index contributed by atoms with van der Waals surface area (Å²) in [5.74, 6) is 1.19. The third-order valence-electron chi connectivity index (χ3n) is 3.86. The molecule has 0 saturated carbocycles. The van der Waals surface area contributed by atoms with Crippen LogP contribution in [0.4, 0.5) is 0 Å². The number of methoxy groups -OCH3 is 1. The van der Waals surface area contributed by atoms with Crippen LogP contribution in [0.15, 0.2) is 48.5 Å². The molecule has 1 aliphatic heterocycles. The van der Waals surface area contributed by atoms with E-state index < -0.39 is 0 Å². The number of carbonyl (C=O) groups excluding carboxylic acids is 1. The number of rotatable bonds is 3. The van der Waals surface area contributed by atoms with E-state index in [2.05, 4.69) is 12.1 Å². The minimum atomic E-state index is -0.295. The van der Waals surface area contributed by atoms with Crippen molar-refractivity contribution in [2.45, 2.75) is 12.8 Å². The molecule has 0 N–H and O–H groups in total. The molecular formula is C18H18O3. The molecule has 1 unspecified atom stereocenters. The first-order valence-electron chi connectivity index (χ1n) is 7.14. The molecule has 2 aromatic carbocycles. The van der Waals surface area contributed by atoms with Crippen LogP contribution < -0.4 is 4.74 Å². The molecule has 0 spiro atoms. The minimum Gasteiger partial charge on any atom is -0.493 e. The summed E-state index contributed by atoms with van der Waals surface area (Å²) >= 11 is 0. The predicted molar refractivity (Wildman–Crippen MR) is 80.6 cm³/mol. The Morgan fingerprint density at radius 2 is 1.95 bits per heavy atom. The molecule has 0 aliphatic carbocycles. The Balaban J connectivity index is 1.66. The third kappa shape index (κ3) is 3.07. The number of hydrogen-bond donors (Lipinski definition) is 0. The molecular weight excluding hydrogens is 264 g/mol. The Labute approximate surface area is 124 Å². The summed E-state index contributed by atoms with van der Waals surface area (Å²) in [5, 5.41) is 0. The van der Waals surface area contributed by atoms with E-state index >= 15 is 0 Å². The van der Waals surface area contributed by atoms with Gasteiger partial charge in [-0.25, -0.2) is 4.79 Å². The lowest BCUT2D eigenvalue weighted by Crippen LogP contribution is -2.22. The van der Waals surface area contributed by atoms with Gasteiger partial charge in [0.1, 0.15) is 5.75 Å². The smallest absolute Gasteiger partial charge is 0.337 e. The topological polar surface area (TPSA) is 35.5 Å². The first-order chi connectivity index (χ1) is 10.3. The maximum absolute atomic E-state index is 11.4. The molecule has 0 saturated heterocycles. The highest BCUT2D eigenvalue weighted by Gasteiger charge is 2.19. The summed E-state index contributed by atoms with van der Waals surface area (Å²) in [7, 11) is 1.40. The Morgan fingerprint density at radius 3 is 2.71 bits per heavy atom. The van der Waals surface area contributed by atoms with E-state index in [0.717, 1.165) is 25.2 Å². The average molecular weight is 282 g/mol. The number of benzene rings is 2. The van der Waals surface area contributed by atoms with Gasteiger partial charge >= 0.3 is 5.97 Å². The number of hydrogen-bond acceptors (Lipinski definition) is 3. The van der Waals surface area contributed by atoms with Crippen LogP contribution in [0.25, 0.3) is 0 Å². The van der Waals surface area contributed by atoms with Crippen molar-refractivity contribution in [2.24, 2.45) is 5.92 Å². The molecule has 0 amide bonds. The first-order valence-corrected chi connectivity index (χ1v) is 7.14. The summed E-state index contributed by atoms with van der Waals surface area (Å²) in [6.07, 6.45) is 1.99. The van der Waals surface area contributed by atoms with E-state index in [-0.39, 0.29) is 5.97 Å². The van der Waals surface area contributed by atoms with Crippen molar-refractivity contribution in [1.29, 1.82) is 0 Å². The Bertz CT molecular complexity index is 631. The Hall–Kier alpha value is -2.29. The molecule has 0 aromatic heterocycles. The summed E-state index contributed by atoms with van der Waals surface area (Å²) in [5.41, 5.74) is 3.09. The number of fused-ring (bicyclic) bond motifs is 1. The van der Waals surface area contributed by atoms with E-state index in [4.69, 9.17) is 9.47 Å². The highest BCUT2D eigenvalue weighted by atomic mass is 16.5. The lowest BCUT2D eigenvalue weighted by atomic mass is 9.91. The van der Waals surface area contributed by atoms with Gasteiger partial charge in [-0.1, -0.05) is 30.3 Å². The van der Waals surface area contributed by atoms with Crippen LogP contribution in [0.5, 0.6) is 5.75 Å². The normalized spacial score (nSPS) is 16.7. The van der Waals surface area contributed by atoms with Gasteiger partial charge in [-0.15, -0.1) is 0 Å². The molecule has 21 heavy (non-hydrogen) atoms. The predicted octanol–water partition coefficient (Wildman–Crippen LogP) is 3.27. The van der Waals surface area contributed by atoms with Crippen LogP contribution >= 0.6 is 0 Å². The van der Waals surface area contributed by atoms with E-state index in [9.17, 15) is 4.79 Å². The van der Waals surface area contributed by atoms with Crippen molar-refractivity contribution in [3.8, 4) is 5.75 Å². The van der Waals surface area contributed by atoms with Crippen molar-refractivity contribution in [3.63, 3.8) is 0 Å². The van der Waals surface area contributed by atoms with E-state index in [1.54, 1.807) is 0 Å². The number of carbonyl (C=O) groups is 1. The van der Waals surface area contributed by atoms with Crippen molar-refractivity contribution in [2.75, 3.05) is 13.7 Å². The molecule has 0 fully saturated rings. The largest absolute Gasteiger partial charge is 0.493 e. The van der Waals surface area contributed by atoms with E-state index in [1.165, 1.54) is 18.2 Å². The second kappa shape index (κ2) is 6.00. The summed E-state index contributed by atoms with van der Waals surface area (Å²) in [6.45, 7) is 0.746. The number of para-hydroxylation sites is 1. The second-order valence-electron chi connectivity index (χ2n) is 5.38. The van der Waals surface area contributed by atoms with Crippen molar-refractivity contribution in [3.05, 3.63) is 65.2 Å². The van der Waals surface area contributed by atoms with Crippen LogP contribution in [0.1, 0.15) is 21.5 Å². The second-order valence-corrected chi connectivity index (χ2v) is 5.38. The van der Waals surface area contributed by atoms with Gasteiger partial charge in [0.25, 0.3) is 0 Å². The van der Waals surface area contributed by atoms with Gasteiger partial charge in [0.15, 0.2) is 0 Å². The monoisotopic (exact) mass is 282 g/mol. The molecule has 1 atom stereocenters. The SMILES string of the molecule is COC(=O)c1ccc(CC2COc3ccccc3C2)cc1. The molecule has 3 nitrogen and oxygen atoms in total. The van der Waals surface area contributed by atoms with Gasteiger partial charge in [-0.3, -0.25) is 0 Å². The van der Waals surface area contributed by atoms with Gasteiger partial charge in [-0.2, -0.15) is 0 Å². The van der Waals surface area contributed by atoms with Crippen molar-refractivity contribution in [1.82, 2.24) is 0 Å². The van der Waals surface area contributed by atoms with Crippen molar-refractivity contribution < 1.29 is 14.3 Å². The Kier molecular flexibility index (Phi) is 3.91. The minimum absolute atomic E-state index is 0.295. The molecule has 2 aromatic rings. The zero-order chi connectivity index (χ0) is 14.7. The first kappa shape index (κ1) is 13.7. The zero-order valence-corrected chi connectivity index (χ0v) is 12.0. The van der Waals surface area contributed by atoms with E-state index in [1.807, 2.05) is 36.4 Å². The van der Waals surface area contributed by atoms with Gasteiger partial charge in [-0.05, 0) is 42.2 Å². The van der Waals surface area contributed by atoms with Crippen LogP contribution in [-0.2, 0) is 17.6 Å². The molecule has 3 heteroatoms. The quantitative estimate of drug-likeness (QED) is 0.811. The van der Waals surface area contributed by atoms with Gasteiger partial charge in [0.2, 0.25) is 0 Å². The van der Waals surface area contributed by atoms with E-state index in [0.29, 0.717) is 11.5 Å². The molecule has 0 radical (unpaired) electrons. The van der Waals surface area contributed by atoms with Gasteiger partial charge in [0, 0.05) is 5.92 Å². The molecule has 1 heterocycles. The van der Waals surface area contributed by atoms with Crippen LogP contribution in [0.3, 0.4) is 0 Å². The third-order valence-corrected chi connectivity index (χ3v) is 3.86. The zero-order valence-electron chi connectivity index (χ0n) is 12.0. The number of ether oxygens (including phenoxy) is 2. The molecule has 1 aliphatic rings. The average Bonchev–Trinajstić information content (AvgIpc) is 2.55. The lowest BCUT2D eigenvalue weighted by molar-refractivity contribution is 0.0600. The number of esters is 1. The lowest BCUT2D eigenvalue weighted by Gasteiger charge is -2.25. The standard InChI is InChI=1S/C18H18O3/c1-20-18(19)15-8-6-13(7-9-15)10-14-11-16-4-2-3-5-17(16)21-12-14/h2-9,14H,10-12H2,1H3. The fourth-order valence-electron chi connectivity index (χ4n) is 2.75. The summed E-state index contributed by atoms with van der Waals surface area (Å²) < 4.78 is 10.5. The fourth-order valence-corrected chi connectivity index (χ4v) is 2.75. The van der Waals surface area contributed by atoms with Gasteiger partial charge < -0.3 is 9.47 Å². The molecule has 108 valence electrons. The maximum atomic E-state index is 11.4. The molecule has 3 rings (SSSR count). The Morgan fingerprint density at radius 1 is 1.19 bits per heavy atom. The summed E-state index contributed by atoms with van der Waals surface area (Å²) in [6, 6.07) is 15.8. The van der Waals surface area contributed by atoms with Crippen molar-refractivity contribution >= 4 is 5.97 Å². The summed E-state index contributed by atoms with van der Waals surface area (Å²) in [4.78, 5) is 11.4. The van der Waals surface area contributed by atoms with Crippen LogP contribution in [0, 0.1) is 5.92 Å². The highest BCUT2D eigenvalue weighted by molar-refractivity contribution is 5.89.